The van der Waals surface area contributed by atoms with Crippen LogP contribution in [0.2, 0.25) is 5.02 Å². The highest BCUT2D eigenvalue weighted by molar-refractivity contribution is 7.92. The van der Waals surface area contributed by atoms with Gasteiger partial charge in [0.15, 0.2) is 0 Å². The Kier molecular flexibility index (Phi) is 7.09. The van der Waals surface area contributed by atoms with Crippen molar-refractivity contribution in [1.82, 2.24) is 10.2 Å². The topological polar surface area (TPSA) is 78.5 Å². The van der Waals surface area contributed by atoms with Gasteiger partial charge in [-0.25, -0.2) is 8.42 Å². The quantitative estimate of drug-likeness (QED) is 0.681. The molecule has 0 bridgehead atoms. The van der Waals surface area contributed by atoms with E-state index in [1.54, 1.807) is 36.4 Å². The lowest BCUT2D eigenvalue weighted by atomic mass is 9.93. The molecule has 0 aliphatic heterocycles. The van der Waals surface area contributed by atoms with E-state index in [0.29, 0.717) is 22.8 Å². The predicted molar refractivity (Wildman–Crippen MR) is 113 cm³/mol. The van der Waals surface area contributed by atoms with Crippen LogP contribution in [0.3, 0.4) is 0 Å². The minimum absolute atomic E-state index is 0.0163. The molecule has 0 radical (unpaired) electrons. The summed E-state index contributed by atoms with van der Waals surface area (Å²) in [5.74, 6) is -0.310. The summed E-state index contributed by atoms with van der Waals surface area (Å²) in [6.07, 6.45) is 0. The summed E-state index contributed by atoms with van der Waals surface area (Å²) in [4.78, 5) is 14.6. The number of anilines is 1. The van der Waals surface area contributed by atoms with Gasteiger partial charge in [0.25, 0.3) is 15.9 Å². The Morgan fingerprint density at radius 2 is 1.75 bits per heavy atom. The van der Waals surface area contributed by atoms with Crippen LogP contribution in [0.1, 0.15) is 24.2 Å². The number of amides is 1. The van der Waals surface area contributed by atoms with Gasteiger partial charge in [-0.05, 0) is 62.0 Å². The molecule has 28 heavy (non-hydrogen) atoms. The summed E-state index contributed by atoms with van der Waals surface area (Å²) >= 11 is 5.82. The molecule has 2 rings (SSSR count). The van der Waals surface area contributed by atoms with Crippen LogP contribution < -0.4 is 10.0 Å². The van der Waals surface area contributed by atoms with Crippen molar-refractivity contribution >= 4 is 33.2 Å². The van der Waals surface area contributed by atoms with Gasteiger partial charge in [0.2, 0.25) is 0 Å². The van der Waals surface area contributed by atoms with Gasteiger partial charge >= 0.3 is 0 Å². The molecule has 0 atom stereocenters. The Labute approximate surface area is 171 Å². The minimum atomic E-state index is -3.82. The maximum atomic E-state index is 12.6. The zero-order valence-corrected chi connectivity index (χ0v) is 18.1. The van der Waals surface area contributed by atoms with Crippen LogP contribution >= 0.6 is 11.6 Å². The summed E-state index contributed by atoms with van der Waals surface area (Å²) in [6, 6.07) is 12.3. The van der Waals surface area contributed by atoms with E-state index in [1.165, 1.54) is 12.1 Å². The monoisotopic (exact) mass is 423 g/mol. The summed E-state index contributed by atoms with van der Waals surface area (Å²) in [6.45, 7) is 5.41. The second-order valence-electron chi connectivity index (χ2n) is 7.72. The van der Waals surface area contributed by atoms with E-state index in [2.05, 4.69) is 28.8 Å². The average molecular weight is 424 g/mol. The van der Waals surface area contributed by atoms with Crippen molar-refractivity contribution in [1.29, 1.82) is 0 Å². The van der Waals surface area contributed by atoms with Crippen molar-refractivity contribution in [2.24, 2.45) is 5.41 Å². The van der Waals surface area contributed by atoms with Crippen LogP contribution in [0.5, 0.6) is 0 Å². The SMILES string of the molecule is CN(C)CC(C)(C)CNC(=O)c1cccc(S(=O)(=O)Nc2ccc(Cl)cc2)c1. The van der Waals surface area contributed by atoms with Gasteiger partial charge in [0, 0.05) is 29.4 Å². The van der Waals surface area contributed by atoms with Crippen molar-refractivity contribution in [2.75, 3.05) is 31.9 Å². The van der Waals surface area contributed by atoms with E-state index in [9.17, 15) is 13.2 Å². The van der Waals surface area contributed by atoms with Crippen molar-refractivity contribution in [3.8, 4) is 0 Å². The number of nitrogens with one attached hydrogen (secondary N) is 2. The Morgan fingerprint density at radius 3 is 2.36 bits per heavy atom. The van der Waals surface area contributed by atoms with E-state index in [-0.39, 0.29) is 16.2 Å². The highest BCUT2D eigenvalue weighted by atomic mass is 35.5. The van der Waals surface area contributed by atoms with Crippen LogP contribution in [-0.2, 0) is 10.0 Å². The molecule has 0 aliphatic rings. The molecule has 0 aromatic heterocycles. The molecule has 0 saturated heterocycles. The van der Waals surface area contributed by atoms with E-state index < -0.39 is 10.0 Å². The highest BCUT2D eigenvalue weighted by Crippen LogP contribution is 2.20. The van der Waals surface area contributed by atoms with Gasteiger partial charge in [-0.1, -0.05) is 31.5 Å². The van der Waals surface area contributed by atoms with Crippen molar-refractivity contribution < 1.29 is 13.2 Å². The van der Waals surface area contributed by atoms with Crippen molar-refractivity contribution in [3.05, 3.63) is 59.1 Å². The van der Waals surface area contributed by atoms with Crippen molar-refractivity contribution in [2.45, 2.75) is 18.7 Å². The molecule has 0 unspecified atom stereocenters. The molecule has 152 valence electrons. The lowest BCUT2D eigenvalue weighted by Crippen LogP contribution is -2.40. The molecular weight excluding hydrogens is 398 g/mol. The molecule has 0 spiro atoms. The van der Waals surface area contributed by atoms with E-state index >= 15 is 0 Å². The average Bonchev–Trinajstić information content (AvgIpc) is 2.60. The molecule has 0 heterocycles. The minimum Gasteiger partial charge on any atom is -0.351 e. The molecule has 6 nitrogen and oxygen atoms in total. The lowest BCUT2D eigenvalue weighted by molar-refractivity contribution is 0.0929. The molecule has 2 aromatic carbocycles. The van der Waals surface area contributed by atoms with Crippen LogP contribution in [-0.4, -0.2) is 46.4 Å². The molecule has 0 saturated carbocycles. The smallest absolute Gasteiger partial charge is 0.261 e. The third-order valence-electron chi connectivity index (χ3n) is 3.97. The number of rotatable bonds is 8. The summed E-state index contributed by atoms with van der Waals surface area (Å²) in [5, 5.41) is 3.40. The second-order valence-corrected chi connectivity index (χ2v) is 9.84. The summed E-state index contributed by atoms with van der Waals surface area (Å²) in [7, 11) is 0.134. The number of sulfonamides is 1. The van der Waals surface area contributed by atoms with Gasteiger partial charge in [0.05, 0.1) is 4.90 Å². The lowest BCUT2D eigenvalue weighted by Gasteiger charge is -2.28. The van der Waals surface area contributed by atoms with Gasteiger partial charge in [-0.3, -0.25) is 9.52 Å². The van der Waals surface area contributed by atoms with E-state index in [4.69, 9.17) is 11.6 Å². The second kappa shape index (κ2) is 8.94. The van der Waals surface area contributed by atoms with E-state index in [0.717, 1.165) is 6.54 Å². The Balaban J connectivity index is 2.12. The third kappa shape index (κ3) is 6.51. The first-order chi connectivity index (χ1) is 13.0. The maximum Gasteiger partial charge on any atom is 0.261 e. The molecule has 2 aromatic rings. The van der Waals surface area contributed by atoms with Crippen LogP contribution in [0.15, 0.2) is 53.4 Å². The number of nitrogens with zero attached hydrogens (tertiary/aromatic N) is 1. The third-order valence-corrected chi connectivity index (χ3v) is 5.61. The molecule has 8 heteroatoms. The highest BCUT2D eigenvalue weighted by Gasteiger charge is 2.21. The van der Waals surface area contributed by atoms with Crippen LogP contribution in [0.4, 0.5) is 5.69 Å². The maximum absolute atomic E-state index is 12.6. The van der Waals surface area contributed by atoms with Gasteiger partial charge in [0.1, 0.15) is 0 Å². The fraction of sp³-hybridized carbons (Fsp3) is 0.350. The molecular formula is C20H26ClN3O3S. The molecule has 1 amide bonds. The van der Waals surface area contributed by atoms with Gasteiger partial charge in [-0.2, -0.15) is 0 Å². The first kappa shape index (κ1) is 22.2. The fourth-order valence-electron chi connectivity index (χ4n) is 2.87. The number of hydrogen-bond acceptors (Lipinski definition) is 4. The molecule has 0 fully saturated rings. The first-order valence-electron chi connectivity index (χ1n) is 8.80. The molecule has 2 N–H and O–H groups in total. The standard InChI is InChI=1S/C20H26ClN3O3S/c1-20(2,14-24(3)4)13-22-19(25)15-6-5-7-18(12-15)28(26,27)23-17-10-8-16(21)9-11-17/h5-12,23H,13-14H2,1-4H3,(H,22,25). The largest absolute Gasteiger partial charge is 0.351 e. The molecule has 0 aliphatic carbocycles. The number of hydrogen-bond donors (Lipinski definition) is 2. The Morgan fingerprint density at radius 1 is 1.11 bits per heavy atom. The van der Waals surface area contributed by atoms with Gasteiger partial charge in [-0.15, -0.1) is 0 Å². The Bertz CT molecular complexity index is 926. The fourth-order valence-corrected chi connectivity index (χ4v) is 4.10. The summed E-state index contributed by atoms with van der Waals surface area (Å²) < 4.78 is 27.7. The van der Waals surface area contributed by atoms with Crippen LogP contribution in [0, 0.1) is 5.41 Å². The number of halogens is 1. The first-order valence-corrected chi connectivity index (χ1v) is 10.7. The van der Waals surface area contributed by atoms with E-state index in [1.807, 2.05) is 14.1 Å². The zero-order valence-electron chi connectivity index (χ0n) is 16.5. The van der Waals surface area contributed by atoms with Crippen molar-refractivity contribution in [3.63, 3.8) is 0 Å². The van der Waals surface area contributed by atoms with Crippen LogP contribution in [0.25, 0.3) is 0 Å². The zero-order chi connectivity index (χ0) is 20.9. The predicted octanol–water partition coefficient (Wildman–Crippen LogP) is 3.46. The number of benzene rings is 2. The number of carbonyl (C=O) groups excluding carboxylic acids is 1. The normalized spacial score (nSPS) is 12.1. The Hall–Kier alpha value is -2.09. The summed E-state index contributed by atoms with van der Waals surface area (Å²) in [5.41, 5.74) is 0.572. The number of carbonyl (C=O) groups is 1. The van der Waals surface area contributed by atoms with Gasteiger partial charge < -0.3 is 10.2 Å².